The standard InChI is InChI=1S/C22H21N3O4/c1-15-20(24-29-23-15)22(27)25-13-5-6-17(14-25)21(26)16-9-11-19(12-10-16)28-18-7-3-2-4-8-18/h2-4,7-12,17H,5-6,13-14H2,1H3. The fourth-order valence-corrected chi connectivity index (χ4v) is 3.50. The van der Waals surface area contributed by atoms with Crippen molar-refractivity contribution in [1.29, 1.82) is 0 Å². The van der Waals surface area contributed by atoms with E-state index in [1.165, 1.54) is 0 Å². The Morgan fingerprint density at radius 1 is 1.03 bits per heavy atom. The molecule has 0 spiro atoms. The van der Waals surface area contributed by atoms with Crippen LogP contribution in [0.2, 0.25) is 0 Å². The number of hydrogen-bond donors (Lipinski definition) is 0. The number of hydrogen-bond acceptors (Lipinski definition) is 6. The summed E-state index contributed by atoms with van der Waals surface area (Å²) in [6.45, 7) is 2.64. The molecule has 1 aromatic heterocycles. The van der Waals surface area contributed by atoms with E-state index in [2.05, 4.69) is 14.9 Å². The summed E-state index contributed by atoms with van der Waals surface area (Å²) < 4.78 is 10.4. The van der Waals surface area contributed by atoms with Gasteiger partial charge in [-0.15, -0.1) is 0 Å². The molecule has 1 aliphatic rings. The molecule has 3 aromatic rings. The summed E-state index contributed by atoms with van der Waals surface area (Å²) in [5, 5.41) is 7.35. The van der Waals surface area contributed by atoms with Gasteiger partial charge in [0, 0.05) is 24.6 Å². The highest BCUT2D eigenvalue weighted by atomic mass is 16.6. The first-order valence-corrected chi connectivity index (χ1v) is 9.57. The van der Waals surface area contributed by atoms with Gasteiger partial charge in [0.05, 0.1) is 0 Å². The van der Waals surface area contributed by atoms with Gasteiger partial charge in [-0.3, -0.25) is 9.59 Å². The number of amides is 1. The minimum atomic E-state index is -0.243. The Bertz CT molecular complexity index is 998. The molecule has 2 heterocycles. The Morgan fingerprint density at radius 3 is 2.45 bits per heavy atom. The van der Waals surface area contributed by atoms with Crippen LogP contribution in [0.5, 0.6) is 11.5 Å². The number of carbonyl (C=O) groups is 2. The van der Waals surface area contributed by atoms with Crippen LogP contribution in [-0.4, -0.2) is 40.0 Å². The van der Waals surface area contributed by atoms with Crippen molar-refractivity contribution in [3.8, 4) is 11.5 Å². The lowest BCUT2D eigenvalue weighted by Gasteiger charge is -2.31. The summed E-state index contributed by atoms with van der Waals surface area (Å²) in [6.07, 6.45) is 1.52. The molecule has 0 bridgehead atoms. The second kappa shape index (κ2) is 8.26. The van der Waals surface area contributed by atoms with Crippen LogP contribution in [0.1, 0.15) is 39.4 Å². The van der Waals surface area contributed by atoms with Crippen LogP contribution in [0, 0.1) is 12.8 Å². The molecular formula is C22H21N3O4. The summed E-state index contributed by atoms with van der Waals surface area (Å²) in [6, 6.07) is 16.6. The quantitative estimate of drug-likeness (QED) is 0.613. The van der Waals surface area contributed by atoms with Crippen molar-refractivity contribution in [2.75, 3.05) is 13.1 Å². The highest BCUT2D eigenvalue weighted by Crippen LogP contribution is 2.25. The van der Waals surface area contributed by atoms with Crippen molar-refractivity contribution in [2.45, 2.75) is 19.8 Å². The van der Waals surface area contributed by atoms with Crippen molar-refractivity contribution in [3.05, 3.63) is 71.5 Å². The van der Waals surface area contributed by atoms with Crippen LogP contribution in [-0.2, 0) is 0 Å². The topological polar surface area (TPSA) is 85.5 Å². The van der Waals surface area contributed by atoms with Gasteiger partial charge in [-0.1, -0.05) is 23.4 Å². The summed E-state index contributed by atoms with van der Waals surface area (Å²) >= 11 is 0. The average Bonchev–Trinajstić information content (AvgIpc) is 3.20. The normalized spacial score (nSPS) is 16.4. The number of Topliss-reactive ketones (excluding diaryl/α,β-unsaturated/α-hetero) is 1. The first-order valence-electron chi connectivity index (χ1n) is 9.57. The molecule has 1 fully saturated rings. The lowest BCUT2D eigenvalue weighted by Crippen LogP contribution is -2.42. The van der Waals surface area contributed by atoms with Crippen molar-refractivity contribution in [2.24, 2.45) is 5.92 Å². The van der Waals surface area contributed by atoms with Gasteiger partial charge >= 0.3 is 0 Å². The number of nitrogens with zero attached hydrogens (tertiary/aromatic N) is 3. The van der Waals surface area contributed by atoms with E-state index in [9.17, 15) is 9.59 Å². The predicted molar refractivity (Wildman–Crippen MR) is 105 cm³/mol. The highest BCUT2D eigenvalue weighted by molar-refractivity contribution is 5.99. The fraction of sp³-hybridized carbons (Fsp3) is 0.273. The maximum Gasteiger partial charge on any atom is 0.278 e. The van der Waals surface area contributed by atoms with E-state index in [1.54, 1.807) is 36.1 Å². The summed E-state index contributed by atoms with van der Waals surface area (Å²) in [4.78, 5) is 27.3. The molecule has 2 aromatic carbocycles. The van der Waals surface area contributed by atoms with Crippen LogP contribution in [0.4, 0.5) is 0 Å². The van der Waals surface area contributed by atoms with Gasteiger partial charge in [0.1, 0.15) is 17.2 Å². The number of benzene rings is 2. The zero-order chi connectivity index (χ0) is 20.2. The van der Waals surface area contributed by atoms with Gasteiger partial charge in [0.25, 0.3) is 5.91 Å². The van der Waals surface area contributed by atoms with Crippen LogP contribution in [0.25, 0.3) is 0 Å². The number of aromatic nitrogens is 2. The molecule has 7 nitrogen and oxygen atoms in total. The Morgan fingerprint density at radius 2 is 1.76 bits per heavy atom. The predicted octanol–water partition coefficient (Wildman–Crippen LogP) is 3.91. The molecule has 0 saturated carbocycles. The molecule has 1 unspecified atom stereocenters. The molecule has 1 saturated heterocycles. The Hall–Kier alpha value is -3.48. The van der Waals surface area contributed by atoms with E-state index in [0.717, 1.165) is 18.6 Å². The van der Waals surface area contributed by atoms with Crippen LogP contribution in [0.3, 0.4) is 0 Å². The van der Waals surface area contributed by atoms with Gasteiger partial charge in [0.2, 0.25) is 0 Å². The average molecular weight is 391 g/mol. The molecule has 4 rings (SSSR count). The molecule has 0 N–H and O–H groups in total. The number of ketones is 1. The second-order valence-electron chi connectivity index (χ2n) is 7.09. The van der Waals surface area contributed by atoms with Crippen molar-refractivity contribution < 1.29 is 19.0 Å². The van der Waals surface area contributed by atoms with E-state index < -0.39 is 0 Å². The smallest absolute Gasteiger partial charge is 0.278 e. The maximum atomic E-state index is 13.0. The van der Waals surface area contributed by atoms with Gasteiger partial charge in [-0.25, -0.2) is 4.63 Å². The Balaban J connectivity index is 1.42. The van der Waals surface area contributed by atoms with Gasteiger partial charge in [0.15, 0.2) is 11.5 Å². The zero-order valence-corrected chi connectivity index (χ0v) is 16.1. The van der Waals surface area contributed by atoms with Gasteiger partial charge in [-0.05, 0) is 61.3 Å². The zero-order valence-electron chi connectivity index (χ0n) is 16.1. The third-order valence-electron chi connectivity index (χ3n) is 5.05. The lowest BCUT2D eigenvalue weighted by atomic mass is 9.90. The molecule has 1 aliphatic heterocycles. The summed E-state index contributed by atoms with van der Waals surface area (Å²) in [5.41, 5.74) is 1.28. The first kappa shape index (κ1) is 18.9. The molecule has 29 heavy (non-hydrogen) atoms. The third-order valence-corrected chi connectivity index (χ3v) is 5.05. The monoisotopic (exact) mass is 391 g/mol. The van der Waals surface area contributed by atoms with E-state index in [1.807, 2.05) is 30.3 Å². The second-order valence-corrected chi connectivity index (χ2v) is 7.09. The minimum Gasteiger partial charge on any atom is -0.457 e. The van der Waals surface area contributed by atoms with E-state index in [4.69, 9.17) is 4.74 Å². The van der Waals surface area contributed by atoms with Crippen LogP contribution in [0.15, 0.2) is 59.2 Å². The Labute approximate surface area is 168 Å². The molecule has 0 aliphatic carbocycles. The van der Waals surface area contributed by atoms with Gasteiger partial charge in [-0.2, -0.15) is 0 Å². The van der Waals surface area contributed by atoms with Crippen LogP contribution >= 0.6 is 0 Å². The number of likely N-dealkylation sites (tertiary alicyclic amines) is 1. The SMILES string of the molecule is Cc1nonc1C(=O)N1CCCC(C(=O)c2ccc(Oc3ccccc3)cc2)C1. The number of aryl methyl sites for hydroxylation is 1. The number of piperidine rings is 1. The van der Waals surface area contributed by atoms with Crippen molar-refractivity contribution in [1.82, 2.24) is 15.2 Å². The van der Waals surface area contributed by atoms with E-state index >= 15 is 0 Å². The molecule has 1 atom stereocenters. The molecule has 1 amide bonds. The maximum absolute atomic E-state index is 13.0. The third kappa shape index (κ3) is 4.18. The van der Waals surface area contributed by atoms with E-state index in [0.29, 0.717) is 30.1 Å². The van der Waals surface area contributed by atoms with Crippen molar-refractivity contribution >= 4 is 11.7 Å². The summed E-state index contributed by atoms with van der Waals surface area (Å²) in [5.74, 6) is 0.957. The molecular weight excluding hydrogens is 370 g/mol. The largest absolute Gasteiger partial charge is 0.457 e. The fourth-order valence-electron chi connectivity index (χ4n) is 3.50. The van der Waals surface area contributed by atoms with Crippen molar-refractivity contribution in [3.63, 3.8) is 0 Å². The van der Waals surface area contributed by atoms with Gasteiger partial charge < -0.3 is 9.64 Å². The number of para-hydroxylation sites is 1. The first-order chi connectivity index (χ1) is 14.1. The van der Waals surface area contributed by atoms with E-state index in [-0.39, 0.29) is 23.3 Å². The highest BCUT2D eigenvalue weighted by Gasteiger charge is 2.31. The molecule has 0 radical (unpaired) electrons. The number of carbonyl (C=O) groups excluding carboxylic acids is 2. The molecule has 148 valence electrons. The minimum absolute atomic E-state index is 0.0313. The lowest BCUT2D eigenvalue weighted by molar-refractivity contribution is 0.0627. The van der Waals surface area contributed by atoms with Crippen LogP contribution < -0.4 is 4.74 Å². The Kier molecular flexibility index (Phi) is 5.37. The summed E-state index contributed by atoms with van der Waals surface area (Å²) in [7, 11) is 0. The molecule has 7 heteroatoms. The number of rotatable bonds is 5. The number of ether oxygens (including phenoxy) is 1.